The molecule has 0 aromatic carbocycles. The molecule has 0 aliphatic carbocycles. The lowest BCUT2D eigenvalue weighted by Crippen LogP contribution is -2.37. The number of fused-ring (bicyclic) bond motifs is 1. The summed E-state index contributed by atoms with van der Waals surface area (Å²) in [6, 6.07) is 3.74. The van der Waals surface area contributed by atoms with Gasteiger partial charge in [-0.05, 0) is 25.3 Å². The topological polar surface area (TPSA) is 110 Å². The van der Waals surface area contributed by atoms with Crippen LogP contribution < -0.4 is 15.1 Å². The number of unbranched alkanes of at least 4 members (excludes halogenated alkanes) is 3. The van der Waals surface area contributed by atoms with Crippen molar-refractivity contribution in [1.29, 1.82) is 0 Å². The lowest BCUT2D eigenvalue weighted by atomic mass is 10.1. The van der Waals surface area contributed by atoms with Gasteiger partial charge >= 0.3 is 0 Å². The molecule has 176 valence electrons. The van der Waals surface area contributed by atoms with Crippen LogP contribution >= 0.6 is 0 Å². The van der Waals surface area contributed by atoms with Crippen LogP contribution in [0.15, 0.2) is 36.9 Å². The van der Waals surface area contributed by atoms with Crippen LogP contribution in [0.25, 0.3) is 22.6 Å². The summed E-state index contributed by atoms with van der Waals surface area (Å²) in [4.78, 5) is 21.0. The fraction of sp³-hybridized carbons (Fsp3) is 0.478. The van der Waals surface area contributed by atoms with Crippen LogP contribution in [-0.2, 0) is 11.3 Å². The van der Waals surface area contributed by atoms with Gasteiger partial charge in [0.15, 0.2) is 22.8 Å². The first-order chi connectivity index (χ1) is 16.2. The number of hydrogen-bond acceptors (Lipinski definition) is 9. The number of nitrogens with one attached hydrogen (secondary N) is 1. The van der Waals surface area contributed by atoms with E-state index in [2.05, 4.69) is 31.5 Å². The van der Waals surface area contributed by atoms with Crippen molar-refractivity contribution in [1.82, 2.24) is 30.0 Å². The van der Waals surface area contributed by atoms with Gasteiger partial charge in [-0.25, -0.2) is 19.9 Å². The minimum atomic E-state index is 0.552. The summed E-state index contributed by atoms with van der Waals surface area (Å²) < 4.78 is 12.8. The molecule has 0 atom stereocenters. The smallest absolute Gasteiger partial charge is 0.212 e. The number of allylic oxidation sites excluding steroid dienone is 1. The highest BCUT2D eigenvalue weighted by Gasteiger charge is 2.21. The van der Waals surface area contributed by atoms with Crippen LogP contribution in [0.2, 0.25) is 0 Å². The molecule has 0 amide bonds. The molecular weight excluding hydrogens is 422 g/mol. The molecule has 3 aromatic heterocycles. The largest absolute Gasteiger partial charge is 0.481 e. The van der Waals surface area contributed by atoms with E-state index in [1.54, 1.807) is 13.3 Å². The number of aromatic nitrogens is 5. The van der Waals surface area contributed by atoms with E-state index in [1.165, 1.54) is 0 Å². The Morgan fingerprint density at radius 1 is 1.15 bits per heavy atom. The van der Waals surface area contributed by atoms with Gasteiger partial charge in [0.05, 0.1) is 26.7 Å². The van der Waals surface area contributed by atoms with Crippen molar-refractivity contribution in [3.63, 3.8) is 0 Å². The molecule has 4 rings (SSSR count). The van der Waals surface area contributed by atoms with Gasteiger partial charge in [-0.3, -0.25) is 10.7 Å². The van der Waals surface area contributed by atoms with Gasteiger partial charge < -0.3 is 18.9 Å². The van der Waals surface area contributed by atoms with E-state index >= 15 is 0 Å². The second-order valence-electron chi connectivity index (χ2n) is 8.05. The Morgan fingerprint density at radius 2 is 1.97 bits per heavy atom. The number of hydrogen-bond donors (Lipinski definition) is 2. The number of aryl methyl sites for hydroxylation is 1. The van der Waals surface area contributed by atoms with Gasteiger partial charge in [0.1, 0.15) is 0 Å². The standard InChI is InChI=1S/C23H31N7O3/c1-17(28-31)7-5-3-4-6-10-30-16-25-20-22(29-11-13-33-14-12-29)26-21(27-23(20)30)18-8-9-19(32-2)24-15-18/h8-9,15-16,28,31H,1,3-7,10-14H2,2H3. The number of ether oxygens (including phenoxy) is 2. The molecule has 0 radical (unpaired) electrons. The SMILES string of the molecule is C=C(CCCCCCn1cnc2c(N3CCOCC3)nc(-c3ccc(OC)nc3)nc21)NO. The first kappa shape index (κ1) is 22.9. The fourth-order valence-electron chi connectivity index (χ4n) is 3.88. The average molecular weight is 454 g/mol. The summed E-state index contributed by atoms with van der Waals surface area (Å²) in [5.74, 6) is 2.01. The van der Waals surface area contributed by atoms with Gasteiger partial charge in [0.25, 0.3) is 0 Å². The monoisotopic (exact) mass is 453 g/mol. The Morgan fingerprint density at radius 3 is 2.70 bits per heavy atom. The number of nitrogens with zero attached hydrogens (tertiary/aromatic N) is 6. The third kappa shape index (κ3) is 5.58. The molecule has 3 aromatic rings. The van der Waals surface area contributed by atoms with Crippen molar-refractivity contribution < 1.29 is 14.7 Å². The maximum atomic E-state index is 8.82. The molecule has 1 saturated heterocycles. The van der Waals surface area contributed by atoms with Gasteiger partial charge in [-0.2, -0.15) is 0 Å². The van der Waals surface area contributed by atoms with Crippen molar-refractivity contribution in [3.05, 3.63) is 36.9 Å². The summed E-state index contributed by atoms with van der Waals surface area (Å²) in [6.07, 6.45) is 8.53. The summed E-state index contributed by atoms with van der Waals surface area (Å²) in [5, 5.41) is 8.82. The third-order valence-electron chi connectivity index (χ3n) is 5.75. The highest BCUT2D eigenvalue weighted by molar-refractivity contribution is 5.85. The zero-order valence-corrected chi connectivity index (χ0v) is 19.0. The molecule has 10 heteroatoms. The lowest BCUT2D eigenvalue weighted by Gasteiger charge is -2.28. The van der Waals surface area contributed by atoms with E-state index in [9.17, 15) is 0 Å². The number of rotatable bonds is 11. The summed E-state index contributed by atoms with van der Waals surface area (Å²) in [7, 11) is 1.60. The van der Waals surface area contributed by atoms with E-state index in [4.69, 9.17) is 24.6 Å². The quantitative estimate of drug-likeness (QED) is 0.334. The number of morpholine rings is 1. The summed E-state index contributed by atoms with van der Waals surface area (Å²) in [5.41, 5.74) is 5.24. The highest BCUT2D eigenvalue weighted by Crippen LogP contribution is 2.28. The van der Waals surface area contributed by atoms with Crippen molar-refractivity contribution in [2.75, 3.05) is 38.3 Å². The van der Waals surface area contributed by atoms with Crippen LogP contribution in [-0.4, -0.2) is 63.1 Å². The first-order valence-electron chi connectivity index (χ1n) is 11.3. The number of imidazole rings is 1. The number of anilines is 1. The molecular formula is C23H31N7O3. The van der Waals surface area contributed by atoms with Crippen molar-refractivity contribution >= 4 is 17.0 Å². The lowest BCUT2D eigenvalue weighted by molar-refractivity contribution is 0.122. The second-order valence-corrected chi connectivity index (χ2v) is 8.05. The number of hydroxylamine groups is 1. The van der Waals surface area contributed by atoms with Crippen LogP contribution in [0, 0.1) is 0 Å². The molecule has 0 spiro atoms. The molecule has 0 unspecified atom stereocenters. The van der Waals surface area contributed by atoms with Crippen molar-refractivity contribution in [3.8, 4) is 17.3 Å². The van der Waals surface area contributed by atoms with Gasteiger partial charge in [-0.1, -0.05) is 19.4 Å². The minimum Gasteiger partial charge on any atom is -0.481 e. The molecule has 10 nitrogen and oxygen atoms in total. The van der Waals surface area contributed by atoms with Gasteiger partial charge in [-0.15, -0.1) is 0 Å². The Hall–Kier alpha value is -3.24. The normalized spacial score (nSPS) is 13.9. The third-order valence-corrected chi connectivity index (χ3v) is 5.75. The van der Waals surface area contributed by atoms with Crippen molar-refractivity contribution in [2.45, 2.75) is 38.6 Å². The van der Waals surface area contributed by atoms with Crippen LogP contribution in [0.3, 0.4) is 0 Å². The molecule has 2 N–H and O–H groups in total. The first-order valence-corrected chi connectivity index (χ1v) is 11.3. The molecule has 1 aliphatic rings. The molecule has 0 bridgehead atoms. The predicted octanol–water partition coefficient (Wildman–Crippen LogP) is 3.18. The maximum Gasteiger partial charge on any atom is 0.212 e. The summed E-state index contributed by atoms with van der Waals surface area (Å²) >= 11 is 0. The Bertz CT molecular complexity index is 1060. The van der Waals surface area contributed by atoms with Crippen LogP contribution in [0.4, 0.5) is 5.82 Å². The Labute approximate surface area is 193 Å². The minimum absolute atomic E-state index is 0.552. The summed E-state index contributed by atoms with van der Waals surface area (Å²) in [6.45, 7) is 7.46. The zero-order chi connectivity index (χ0) is 23.0. The van der Waals surface area contributed by atoms with Crippen LogP contribution in [0.5, 0.6) is 5.88 Å². The highest BCUT2D eigenvalue weighted by atomic mass is 16.5. The predicted molar refractivity (Wildman–Crippen MR) is 125 cm³/mol. The molecule has 33 heavy (non-hydrogen) atoms. The number of methoxy groups -OCH3 is 1. The Kier molecular flexibility index (Phi) is 7.69. The van der Waals surface area contributed by atoms with E-state index < -0.39 is 0 Å². The van der Waals surface area contributed by atoms with Crippen molar-refractivity contribution in [2.24, 2.45) is 0 Å². The second kappa shape index (κ2) is 11.1. The molecule has 0 saturated carbocycles. The van der Waals surface area contributed by atoms with Crippen LogP contribution in [0.1, 0.15) is 32.1 Å². The van der Waals surface area contributed by atoms with E-state index in [1.807, 2.05) is 18.5 Å². The fourth-order valence-corrected chi connectivity index (χ4v) is 3.88. The van der Waals surface area contributed by atoms with E-state index in [0.29, 0.717) is 30.6 Å². The van der Waals surface area contributed by atoms with E-state index in [0.717, 1.165) is 74.3 Å². The average Bonchev–Trinajstić information content (AvgIpc) is 3.28. The zero-order valence-electron chi connectivity index (χ0n) is 19.0. The van der Waals surface area contributed by atoms with E-state index in [-0.39, 0.29) is 0 Å². The number of pyridine rings is 1. The maximum absolute atomic E-state index is 8.82. The Balaban J connectivity index is 1.56. The molecule has 1 aliphatic heterocycles. The van der Waals surface area contributed by atoms with Gasteiger partial charge in [0, 0.05) is 43.2 Å². The van der Waals surface area contributed by atoms with Gasteiger partial charge in [0.2, 0.25) is 5.88 Å². The molecule has 4 heterocycles. The molecule has 1 fully saturated rings.